The van der Waals surface area contributed by atoms with E-state index in [0.29, 0.717) is 18.5 Å². The number of nitrogens with one attached hydrogen (secondary N) is 1. The van der Waals surface area contributed by atoms with Gasteiger partial charge in [0.05, 0.1) is 23.4 Å². The zero-order valence-corrected chi connectivity index (χ0v) is 14.1. The van der Waals surface area contributed by atoms with E-state index in [1.165, 1.54) is 4.68 Å². The number of benzene rings is 1. The SMILES string of the molecule is Cc1c(NC(=O)CC2(O)CCCC2)c(=O)n(-c2ccccc2)n1C. The Balaban J connectivity index is 1.87. The molecule has 1 aliphatic rings. The number of aliphatic hydroxyl groups is 1. The molecule has 1 aromatic heterocycles. The second-order valence-electron chi connectivity index (χ2n) is 6.59. The van der Waals surface area contributed by atoms with Gasteiger partial charge in [0, 0.05) is 7.05 Å². The molecule has 1 aromatic carbocycles. The van der Waals surface area contributed by atoms with E-state index < -0.39 is 5.60 Å². The summed E-state index contributed by atoms with van der Waals surface area (Å²) in [6, 6.07) is 9.28. The number of carbonyl (C=O) groups is 1. The number of aromatic nitrogens is 2. The Bertz CT molecular complexity index is 799. The molecular formula is C18H23N3O3. The molecule has 2 aromatic rings. The number of para-hydroxylation sites is 1. The zero-order valence-electron chi connectivity index (χ0n) is 14.1. The summed E-state index contributed by atoms with van der Waals surface area (Å²) in [4.78, 5) is 25.0. The lowest BCUT2D eigenvalue weighted by Gasteiger charge is -2.20. The summed E-state index contributed by atoms with van der Waals surface area (Å²) in [6.45, 7) is 1.79. The Morgan fingerprint density at radius 1 is 1.25 bits per heavy atom. The maximum Gasteiger partial charge on any atom is 0.295 e. The van der Waals surface area contributed by atoms with Crippen LogP contribution in [0.2, 0.25) is 0 Å². The molecular weight excluding hydrogens is 306 g/mol. The predicted octanol–water partition coefficient (Wildman–Crippen LogP) is 2.12. The van der Waals surface area contributed by atoms with Crippen LogP contribution in [0.25, 0.3) is 5.69 Å². The van der Waals surface area contributed by atoms with Crippen LogP contribution in [0, 0.1) is 6.92 Å². The van der Waals surface area contributed by atoms with Crippen molar-refractivity contribution in [2.75, 3.05) is 5.32 Å². The summed E-state index contributed by atoms with van der Waals surface area (Å²) in [5.74, 6) is -0.314. The summed E-state index contributed by atoms with van der Waals surface area (Å²) in [7, 11) is 1.78. The molecule has 0 saturated heterocycles. The lowest BCUT2D eigenvalue weighted by Crippen LogP contribution is -2.32. The highest BCUT2D eigenvalue weighted by atomic mass is 16.3. The lowest BCUT2D eigenvalue weighted by molar-refractivity contribution is -0.120. The van der Waals surface area contributed by atoms with E-state index >= 15 is 0 Å². The standard InChI is InChI=1S/C18H23N3O3/c1-13-16(19-15(22)12-18(24)10-6-7-11-18)17(23)21(20(13)2)14-8-4-3-5-9-14/h3-5,8-9,24H,6-7,10-12H2,1-2H3,(H,19,22). The Morgan fingerprint density at radius 3 is 2.50 bits per heavy atom. The first-order valence-electron chi connectivity index (χ1n) is 8.27. The second-order valence-corrected chi connectivity index (χ2v) is 6.59. The molecule has 1 aliphatic carbocycles. The summed E-state index contributed by atoms with van der Waals surface area (Å²) in [5, 5.41) is 13.1. The van der Waals surface area contributed by atoms with Crippen molar-refractivity contribution in [3.63, 3.8) is 0 Å². The van der Waals surface area contributed by atoms with Crippen LogP contribution < -0.4 is 10.9 Å². The van der Waals surface area contributed by atoms with Gasteiger partial charge in [-0.1, -0.05) is 31.0 Å². The van der Waals surface area contributed by atoms with Crippen molar-refractivity contribution >= 4 is 11.6 Å². The fourth-order valence-corrected chi connectivity index (χ4v) is 3.40. The van der Waals surface area contributed by atoms with Crippen LogP contribution in [0.3, 0.4) is 0 Å². The fourth-order valence-electron chi connectivity index (χ4n) is 3.40. The highest BCUT2D eigenvalue weighted by molar-refractivity contribution is 5.91. The van der Waals surface area contributed by atoms with E-state index in [-0.39, 0.29) is 23.6 Å². The van der Waals surface area contributed by atoms with Crippen LogP contribution >= 0.6 is 0 Å². The molecule has 0 aliphatic heterocycles. The van der Waals surface area contributed by atoms with Crippen molar-refractivity contribution in [2.24, 2.45) is 7.05 Å². The average Bonchev–Trinajstić information content (AvgIpc) is 3.06. The maximum atomic E-state index is 12.7. The van der Waals surface area contributed by atoms with E-state index in [9.17, 15) is 14.7 Å². The largest absolute Gasteiger partial charge is 0.389 e. The normalized spacial score (nSPS) is 16.3. The zero-order chi connectivity index (χ0) is 17.3. The topological polar surface area (TPSA) is 76.3 Å². The molecule has 6 heteroatoms. The number of hydrogen-bond donors (Lipinski definition) is 2. The van der Waals surface area contributed by atoms with Gasteiger partial charge in [-0.05, 0) is 31.9 Å². The molecule has 0 radical (unpaired) electrons. The Hall–Kier alpha value is -2.34. The molecule has 1 heterocycles. The maximum absolute atomic E-state index is 12.7. The number of rotatable bonds is 4. The van der Waals surface area contributed by atoms with Crippen molar-refractivity contribution in [1.82, 2.24) is 9.36 Å². The Labute approximate surface area is 140 Å². The monoisotopic (exact) mass is 329 g/mol. The molecule has 0 spiro atoms. The third-order valence-electron chi connectivity index (χ3n) is 4.84. The van der Waals surface area contributed by atoms with Gasteiger partial charge in [-0.3, -0.25) is 14.3 Å². The summed E-state index contributed by atoms with van der Waals surface area (Å²) >= 11 is 0. The van der Waals surface area contributed by atoms with E-state index in [2.05, 4.69) is 5.32 Å². The van der Waals surface area contributed by atoms with E-state index in [1.54, 1.807) is 18.7 Å². The summed E-state index contributed by atoms with van der Waals surface area (Å²) in [6.07, 6.45) is 3.20. The summed E-state index contributed by atoms with van der Waals surface area (Å²) in [5.41, 5.74) is 0.491. The van der Waals surface area contributed by atoms with Gasteiger partial charge in [-0.15, -0.1) is 0 Å². The highest BCUT2D eigenvalue weighted by Crippen LogP contribution is 2.32. The number of hydrogen-bond acceptors (Lipinski definition) is 3. The van der Waals surface area contributed by atoms with Crippen molar-refractivity contribution in [2.45, 2.75) is 44.6 Å². The van der Waals surface area contributed by atoms with Gasteiger partial charge >= 0.3 is 0 Å². The van der Waals surface area contributed by atoms with Gasteiger partial charge in [-0.25, -0.2) is 4.68 Å². The molecule has 1 amide bonds. The molecule has 1 saturated carbocycles. The lowest BCUT2D eigenvalue weighted by atomic mass is 9.97. The van der Waals surface area contributed by atoms with Crippen molar-refractivity contribution in [3.8, 4) is 5.69 Å². The molecule has 24 heavy (non-hydrogen) atoms. The van der Waals surface area contributed by atoms with Crippen LogP contribution in [0.1, 0.15) is 37.8 Å². The molecule has 6 nitrogen and oxygen atoms in total. The van der Waals surface area contributed by atoms with Crippen LogP contribution in [0.15, 0.2) is 35.1 Å². The quantitative estimate of drug-likeness (QED) is 0.902. The van der Waals surface area contributed by atoms with Gasteiger partial charge < -0.3 is 10.4 Å². The van der Waals surface area contributed by atoms with Gasteiger partial charge in [0.2, 0.25) is 5.91 Å². The first-order valence-corrected chi connectivity index (χ1v) is 8.27. The van der Waals surface area contributed by atoms with Crippen molar-refractivity contribution in [3.05, 3.63) is 46.4 Å². The minimum absolute atomic E-state index is 0.0338. The molecule has 3 rings (SSSR count). The average molecular weight is 329 g/mol. The van der Waals surface area contributed by atoms with Gasteiger partial charge in [0.25, 0.3) is 5.56 Å². The molecule has 128 valence electrons. The fraction of sp³-hybridized carbons (Fsp3) is 0.444. The third kappa shape index (κ3) is 3.01. The minimum Gasteiger partial charge on any atom is -0.389 e. The van der Waals surface area contributed by atoms with Gasteiger partial charge in [-0.2, -0.15) is 0 Å². The van der Waals surface area contributed by atoms with E-state index in [1.807, 2.05) is 30.3 Å². The molecule has 0 unspecified atom stereocenters. The van der Waals surface area contributed by atoms with Gasteiger partial charge in [0.1, 0.15) is 5.69 Å². The van der Waals surface area contributed by atoms with Crippen molar-refractivity contribution in [1.29, 1.82) is 0 Å². The number of anilines is 1. The highest BCUT2D eigenvalue weighted by Gasteiger charge is 2.34. The molecule has 2 N–H and O–H groups in total. The molecule has 0 bridgehead atoms. The third-order valence-corrected chi connectivity index (χ3v) is 4.84. The van der Waals surface area contributed by atoms with Crippen LogP contribution in [-0.2, 0) is 11.8 Å². The summed E-state index contributed by atoms with van der Waals surface area (Å²) < 4.78 is 3.24. The minimum atomic E-state index is -0.925. The van der Waals surface area contributed by atoms with Crippen LogP contribution in [-0.4, -0.2) is 26.0 Å². The second kappa shape index (κ2) is 6.28. The predicted molar refractivity (Wildman–Crippen MR) is 92.4 cm³/mol. The van der Waals surface area contributed by atoms with E-state index in [4.69, 9.17) is 0 Å². The van der Waals surface area contributed by atoms with Crippen LogP contribution in [0.5, 0.6) is 0 Å². The van der Waals surface area contributed by atoms with Crippen molar-refractivity contribution < 1.29 is 9.90 Å². The van der Waals surface area contributed by atoms with Gasteiger partial charge in [0.15, 0.2) is 0 Å². The van der Waals surface area contributed by atoms with E-state index in [0.717, 1.165) is 18.5 Å². The van der Waals surface area contributed by atoms with Crippen LogP contribution in [0.4, 0.5) is 5.69 Å². The first-order chi connectivity index (χ1) is 11.4. The molecule has 1 fully saturated rings. The number of carbonyl (C=O) groups excluding carboxylic acids is 1. The Kier molecular flexibility index (Phi) is 4.32. The first kappa shape index (κ1) is 16.5. The number of amides is 1. The Morgan fingerprint density at radius 2 is 1.88 bits per heavy atom. The smallest absolute Gasteiger partial charge is 0.295 e. The number of nitrogens with zero attached hydrogens (tertiary/aromatic N) is 2. The molecule has 0 atom stereocenters.